The van der Waals surface area contributed by atoms with Crippen molar-refractivity contribution in [1.29, 1.82) is 0 Å². The zero-order valence-electron chi connectivity index (χ0n) is 13.4. The number of likely N-dealkylation sites (tertiary alicyclic amines) is 1. The molecule has 2 heteroatoms. The molecule has 2 unspecified atom stereocenters. The van der Waals surface area contributed by atoms with Gasteiger partial charge in [0.1, 0.15) is 0 Å². The van der Waals surface area contributed by atoms with E-state index in [-0.39, 0.29) is 0 Å². The minimum Gasteiger partial charge on any atom is -0.330 e. The maximum absolute atomic E-state index is 5.86. The van der Waals surface area contributed by atoms with Crippen LogP contribution >= 0.6 is 0 Å². The van der Waals surface area contributed by atoms with E-state index in [9.17, 15) is 0 Å². The van der Waals surface area contributed by atoms with E-state index in [1.807, 2.05) is 0 Å². The first-order chi connectivity index (χ1) is 9.27. The summed E-state index contributed by atoms with van der Waals surface area (Å²) in [7, 11) is 0. The van der Waals surface area contributed by atoms with E-state index in [0.29, 0.717) is 0 Å². The zero-order valence-corrected chi connectivity index (χ0v) is 13.4. The second kappa shape index (κ2) is 10.7. The Morgan fingerprint density at radius 3 is 2.26 bits per heavy atom. The molecule has 0 amide bonds. The third-order valence-corrected chi connectivity index (χ3v) is 4.83. The Labute approximate surface area is 121 Å². The smallest absolute Gasteiger partial charge is 0.00243 e. The van der Waals surface area contributed by atoms with Gasteiger partial charge in [0.2, 0.25) is 0 Å². The minimum atomic E-state index is 0.739. The number of nitrogens with zero attached hydrogens (tertiary/aromatic N) is 1. The lowest BCUT2D eigenvalue weighted by Crippen LogP contribution is -2.42. The van der Waals surface area contributed by atoms with Crippen molar-refractivity contribution in [3.05, 3.63) is 0 Å². The summed E-state index contributed by atoms with van der Waals surface area (Å²) in [4.78, 5) is 2.65. The van der Waals surface area contributed by atoms with Crippen molar-refractivity contribution in [3.8, 4) is 0 Å². The monoisotopic (exact) mass is 268 g/mol. The molecule has 2 N–H and O–H groups in total. The lowest BCUT2D eigenvalue weighted by atomic mass is 9.87. The largest absolute Gasteiger partial charge is 0.330 e. The Balaban J connectivity index is 1.95. The second-order valence-electron chi connectivity index (χ2n) is 6.54. The van der Waals surface area contributed by atoms with Crippen LogP contribution in [0.1, 0.15) is 71.6 Å². The average molecular weight is 268 g/mol. The van der Waals surface area contributed by atoms with Gasteiger partial charge in [0, 0.05) is 6.54 Å². The molecule has 0 aromatic heterocycles. The molecule has 1 saturated heterocycles. The minimum absolute atomic E-state index is 0.739. The summed E-state index contributed by atoms with van der Waals surface area (Å²) in [5.41, 5.74) is 5.86. The SMILES string of the molecule is CCCCCCCCCCN1CCC(C)C(CN)C1. The summed E-state index contributed by atoms with van der Waals surface area (Å²) in [5.74, 6) is 1.57. The highest BCUT2D eigenvalue weighted by atomic mass is 15.1. The molecule has 1 fully saturated rings. The van der Waals surface area contributed by atoms with E-state index < -0.39 is 0 Å². The predicted octanol–water partition coefficient (Wildman–Crippen LogP) is 4.04. The molecule has 0 spiro atoms. The molecule has 1 heterocycles. The van der Waals surface area contributed by atoms with Crippen LogP contribution in [0, 0.1) is 11.8 Å². The highest BCUT2D eigenvalue weighted by Crippen LogP contribution is 2.22. The number of piperidine rings is 1. The van der Waals surface area contributed by atoms with E-state index in [1.54, 1.807) is 0 Å². The first kappa shape index (κ1) is 17.0. The quantitative estimate of drug-likeness (QED) is 0.606. The fourth-order valence-corrected chi connectivity index (χ4v) is 3.20. The third kappa shape index (κ3) is 7.31. The van der Waals surface area contributed by atoms with Gasteiger partial charge in [-0.05, 0) is 44.3 Å². The molecule has 2 atom stereocenters. The molecule has 0 aromatic carbocycles. The van der Waals surface area contributed by atoms with Crippen molar-refractivity contribution in [2.45, 2.75) is 71.6 Å². The van der Waals surface area contributed by atoms with E-state index in [2.05, 4.69) is 18.7 Å². The van der Waals surface area contributed by atoms with Gasteiger partial charge >= 0.3 is 0 Å². The summed E-state index contributed by atoms with van der Waals surface area (Å²) in [6.07, 6.45) is 12.7. The molecule has 0 bridgehead atoms. The maximum Gasteiger partial charge on any atom is 0.00243 e. The molecule has 0 aromatic rings. The van der Waals surface area contributed by atoms with Crippen molar-refractivity contribution in [1.82, 2.24) is 4.90 Å². The van der Waals surface area contributed by atoms with E-state index in [0.717, 1.165) is 18.4 Å². The summed E-state index contributed by atoms with van der Waals surface area (Å²) in [5, 5.41) is 0. The molecule has 1 aliphatic heterocycles. The summed E-state index contributed by atoms with van der Waals surface area (Å²) in [6, 6.07) is 0. The molecule has 0 saturated carbocycles. The maximum atomic E-state index is 5.86. The standard InChI is InChI=1S/C17H36N2/c1-3-4-5-6-7-8-9-10-12-19-13-11-16(2)17(14-18)15-19/h16-17H,3-15,18H2,1-2H3. The highest BCUT2D eigenvalue weighted by molar-refractivity contribution is 4.78. The second-order valence-corrected chi connectivity index (χ2v) is 6.54. The first-order valence-electron chi connectivity index (χ1n) is 8.70. The van der Waals surface area contributed by atoms with Crippen molar-refractivity contribution >= 4 is 0 Å². The predicted molar refractivity (Wildman–Crippen MR) is 85.4 cm³/mol. The lowest BCUT2D eigenvalue weighted by Gasteiger charge is -2.36. The van der Waals surface area contributed by atoms with Gasteiger partial charge < -0.3 is 10.6 Å². The Kier molecular flexibility index (Phi) is 9.54. The molecule has 1 aliphatic rings. The lowest BCUT2D eigenvalue weighted by molar-refractivity contribution is 0.130. The fourth-order valence-electron chi connectivity index (χ4n) is 3.20. The van der Waals surface area contributed by atoms with E-state index in [1.165, 1.54) is 77.4 Å². The molecular formula is C17H36N2. The van der Waals surface area contributed by atoms with Crippen molar-refractivity contribution in [2.75, 3.05) is 26.2 Å². The van der Waals surface area contributed by atoms with Crippen molar-refractivity contribution in [3.63, 3.8) is 0 Å². The Bertz CT molecular complexity index is 205. The number of rotatable bonds is 10. The molecule has 1 rings (SSSR count). The number of hydrogen-bond donors (Lipinski definition) is 1. The molecule has 19 heavy (non-hydrogen) atoms. The van der Waals surface area contributed by atoms with Crippen LogP contribution in [0.2, 0.25) is 0 Å². The van der Waals surface area contributed by atoms with Gasteiger partial charge in [-0.15, -0.1) is 0 Å². The van der Waals surface area contributed by atoms with Gasteiger partial charge in [-0.3, -0.25) is 0 Å². The van der Waals surface area contributed by atoms with Gasteiger partial charge in [-0.2, -0.15) is 0 Å². The van der Waals surface area contributed by atoms with Crippen molar-refractivity contribution in [2.24, 2.45) is 17.6 Å². The van der Waals surface area contributed by atoms with Crippen LogP contribution in [0.15, 0.2) is 0 Å². The van der Waals surface area contributed by atoms with Gasteiger partial charge in [0.25, 0.3) is 0 Å². The third-order valence-electron chi connectivity index (χ3n) is 4.83. The molecule has 114 valence electrons. The normalized spacial score (nSPS) is 24.8. The first-order valence-corrected chi connectivity index (χ1v) is 8.70. The topological polar surface area (TPSA) is 29.3 Å². The van der Waals surface area contributed by atoms with Crippen molar-refractivity contribution < 1.29 is 0 Å². The van der Waals surface area contributed by atoms with Crippen LogP contribution in [0.5, 0.6) is 0 Å². The van der Waals surface area contributed by atoms with E-state index in [4.69, 9.17) is 5.73 Å². The summed E-state index contributed by atoms with van der Waals surface area (Å²) >= 11 is 0. The van der Waals surface area contributed by atoms with Gasteiger partial charge in [-0.1, -0.05) is 58.8 Å². The fraction of sp³-hybridized carbons (Fsp3) is 1.00. The Morgan fingerprint density at radius 1 is 1.00 bits per heavy atom. The Hall–Kier alpha value is -0.0800. The Morgan fingerprint density at radius 2 is 1.63 bits per heavy atom. The van der Waals surface area contributed by atoms with Crippen LogP contribution in [0.25, 0.3) is 0 Å². The summed E-state index contributed by atoms with van der Waals surface area (Å²) in [6.45, 7) is 9.37. The zero-order chi connectivity index (χ0) is 13.9. The summed E-state index contributed by atoms with van der Waals surface area (Å²) < 4.78 is 0. The highest BCUT2D eigenvalue weighted by Gasteiger charge is 2.24. The van der Waals surface area contributed by atoms with Crippen LogP contribution in [-0.4, -0.2) is 31.1 Å². The molecular weight excluding hydrogens is 232 g/mol. The van der Waals surface area contributed by atoms with E-state index >= 15 is 0 Å². The van der Waals surface area contributed by atoms with Gasteiger partial charge in [0.15, 0.2) is 0 Å². The number of nitrogens with two attached hydrogens (primary N) is 1. The number of hydrogen-bond acceptors (Lipinski definition) is 2. The van der Waals surface area contributed by atoms with Gasteiger partial charge in [-0.25, -0.2) is 0 Å². The van der Waals surface area contributed by atoms with Crippen LogP contribution in [-0.2, 0) is 0 Å². The molecule has 2 nitrogen and oxygen atoms in total. The number of unbranched alkanes of at least 4 members (excludes halogenated alkanes) is 7. The molecule has 0 radical (unpaired) electrons. The van der Waals surface area contributed by atoms with Gasteiger partial charge in [0.05, 0.1) is 0 Å². The van der Waals surface area contributed by atoms with Crippen LogP contribution in [0.4, 0.5) is 0 Å². The average Bonchev–Trinajstić information content (AvgIpc) is 2.43. The molecule has 0 aliphatic carbocycles. The van der Waals surface area contributed by atoms with Crippen LogP contribution < -0.4 is 5.73 Å². The van der Waals surface area contributed by atoms with Crippen LogP contribution in [0.3, 0.4) is 0 Å².